The van der Waals surface area contributed by atoms with Crippen molar-refractivity contribution >= 4 is 29.1 Å². The second-order valence-corrected chi connectivity index (χ2v) is 7.61. The number of aryl methyl sites for hydroxylation is 2. The quantitative estimate of drug-likeness (QED) is 0.869. The van der Waals surface area contributed by atoms with Gasteiger partial charge in [-0.05, 0) is 60.6 Å². The van der Waals surface area contributed by atoms with Crippen LogP contribution < -0.4 is 0 Å². The summed E-state index contributed by atoms with van der Waals surface area (Å²) in [5.41, 5.74) is 5.66. The molecule has 3 nitrogen and oxygen atoms in total. The van der Waals surface area contributed by atoms with Crippen molar-refractivity contribution in [2.75, 3.05) is 0 Å². The Kier molecular flexibility index (Phi) is 4.15. The van der Waals surface area contributed by atoms with E-state index in [-0.39, 0.29) is 0 Å². The summed E-state index contributed by atoms with van der Waals surface area (Å²) in [4.78, 5) is 17.4. The fraction of sp³-hybridized carbons (Fsp3) is 0.300. The molecule has 0 bridgehead atoms. The van der Waals surface area contributed by atoms with Gasteiger partial charge in [-0.1, -0.05) is 24.3 Å². The van der Waals surface area contributed by atoms with E-state index in [0.29, 0.717) is 6.42 Å². The minimum Gasteiger partial charge on any atom is -0.480 e. The van der Waals surface area contributed by atoms with E-state index >= 15 is 0 Å². The molecule has 0 saturated carbocycles. The van der Waals surface area contributed by atoms with Crippen LogP contribution in [0.15, 0.2) is 52.4 Å². The lowest BCUT2D eigenvalue weighted by atomic mass is 9.89. The van der Waals surface area contributed by atoms with E-state index in [4.69, 9.17) is 4.99 Å². The smallest absolute Gasteiger partial charge is 0.317 e. The van der Waals surface area contributed by atoms with Gasteiger partial charge in [0, 0.05) is 11.3 Å². The molecule has 0 amide bonds. The third kappa shape index (κ3) is 2.98. The molecule has 122 valence electrons. The molecule has 1 N–H and O–H groups in total. The van der Waals surface area contributed by atoms with Crippen LogP contribution in [-0.4, -0.2) is 22.0 Å². The lowest BCUT2D eigenvalue weighted by molar-refractivity contribution is -0.136. The van der Waals surface area contributed by atoms with Crippen molar-refractivity contribution in [3.8, 4) is 0 Å². The van der Waals surface area contributed by atoms with Gasteiger partial charge >= 0.3 is 5.97 Å². The van der Waals surface area contributed by atoms with Crippen molar-refractivity contribution in [2.24, 2.45) is 4.99 Å². The molecule has 1 aliphatic carbocycles. The molecular weight excluding hydrogens is 318 g/mol. The molecule has 0 radical (unpaired) electrons. The van der Waals surface area contributed by atoms with Crippen molar-refractivity contribution in [1.29, 1.82) is 0 Å². The third-order valence-electron chi connectivity index (χ3n) is 4.73. The van der Waals surface area contributed by atoms with Crippen molar-refractivity contribution < 1.29 is 9.90 Å². The maximum absolute atomic E-state index is 11.7. The zero-order valence-corrected chi connectivity index (χ0v) is 14.2. The van der Waals surface area contributed by atoms with Gasteiger partial charge in [0.1, 0.15) is 5.25 Å². The Morgan fingerprint density at radius 1 is 1.08 bits per heavy atom. The average molecular weight is 337 g/mol. The van der Waals surface area contributed by atoms with Crippen LogP contribution >= 0.6 is 11.8 Å². The molecule has 1 heterocycles. The number of rotatable bonds is 2. The number of carbonyl (C=O) groups is 1. The van der Waals surface area contributed by atoms with Gasteiger partial charge in [0.25, 0.3) is 0 Å². The van der Waals surface area contributed by atoms with Crippen LogP contribution in [0.4, 0.5) is 5.69 Å². The van der Waals surface area contributed by atoms with E-state index in [0.717, 1.165) is 34.7 Å². The van der Waals surface area contributed by atoms with Gasteiger partial charge in [-0.3, -0.25) is 9.79 Å². The fourth-order valence-corrected chi connectivity index (χ4v) is 4.48. The molecule has 0 aromatic heterocycles. The zero-order chi connectivity index (χ0) is 16.5. The van der Waals surface area contributed by atoms with Crippen LogP contribution in [0, 0.1) is 0 Å². The van der Waals surface area contributed by atoms with Gasteiger partial charge in [0.15, 0.2) is 0 Å². The fourth-order valence-electron chi connectivity index (χ4n) is 3.44. The first-order valence-electron chi connectivity index (χ1n) is 8.39. The Morgan fingerprint density at radius 3 is 2.71 bits per heavy atom. The highest BCUT2D eigenvalue weighted by atomic mass is 32.2. The van der Waals surface area contributed by atoms with Crippen LogP contribution in [0.25, 0.3) is 0 Å². The summed E-state index contributed by atoms with van der Waals surface area (Å²) in [5.74, 6) is -0.776. The van der Waals surface area contributed by atoms with Crippen molar-refractivity contribution in [1.82, 2.24) is 0 Å². The standard InChI is InChI=1S/C20H19NO2S/c22-20(23)19-12-17(21-16-7-3-4-8-18(16)24-19)15-10-9-13-5-1-2-6-14(13)11-15/h3-4,7-11,19H,1-2,5-6,12H2,(H,22,23)/t19-/m1/s1. The minimum atomic E-state index is -0.776. The van der Waals surface area contributed by atoms with Crippen LogP contribution in [0.1, 0.15) is 36.0 Å². The van der Waals surface area contributed by atoms with Crippen molar-refractivity contribution in [3.05, 3.63) is 59.2 Å². The molecule has 1 atom stereocenters. The Morgan fingerprint density at radius 2 is 1.88 bits per heavy atom. The lowest BCUT2D eigenvalue weighted by Crippen LogP contribution is -2.20. The molecule has 0 spiro atoms. The summed E-state index contributed by atoms with van der Waals surface area (Å²) in [7, 11) is 0. The second-order valence-electron chi connectivity index (χ2n) is 6.37. The predicted molar refractivity (Wildman–Crippen MR) is 97.6 cm³/mol. The van der Waals surface area contributed by atoms with Gasteiger partial charge < -0.3 is 5.11 Å². The molecule has 0 unspecified atom stereocenters. The summed E-state index contributed by atoms with van der Waals surface area (Å²) >= 11 is 1.40. The van der Waals surface area contributed by atoms with E-state index in [2.05, 4.69) is 18.2 Å². The van der Waals surface area contributed by atoms with E-state index < -0.39 is 11.2 Å². The molecule has 0 saturated heterocycles. The molecule has 2 aromatic rings. The normalized spacial score (nSPS) is 19.7. The van der Waals surface area contributed by atoms with Crippen LogP contribution in [0.5, 0.6) is 0 Å². The zero-order valence-electron chi connectivity index (χ0n) is 13.4. The van der Waals surface area contributed by atoms with Gasteiger partial charge in [0.2, 0.25) is 0 Å². The molecule has 2 aromatic carbocycles. The number of thioether (sulfide) groups is 1. The maximum atomic E-state index is 11.7. The SMILES string of the molecule is O=C(O)[C@H]1CC(c2ccc3c(c2)CCCC3)=Nc2ccccc2S1. The number of para-hydroxylation sites is 1. The van der Waals surface area contributed by atoms with E-state index in [1.165, 1.54) is 35.7 Å². The van der Waals surface area contributed by atoms with Crippen LogP contribution in [-0.2, 0) is 17.6 Å². The molecule has 4 rings (SSSR count). The monoisotopic (exact) mass is 337 g/mol. The number of nitrogens with zero attached hydrogens (tertiary/aromatic N) is 1. The summed E-state index contributed by atoms with van der Waals surface area (Å²) < 4.78 is 0. The highest BCUT2D eigenvalue weighted by Crippen LogP contribution is 2.38. The average Bonchev–Trinajstić information content (AvgIpc) is 2.81. The Labute approximate surface area is 145 Å². The van der Waals surface area contributed by atoms with E-state index in [1.807, 2.05) is 24.3 Å². The molecule has 1 aliphatic heterocycles. The number of carboxylic acids is 1. The number of fused-ring (bicyclic) bond motifs is 2. The first kappa shape index (κ1) is 15.5. The summed E-state index contributed by atoms with van der Waals surface area (Å²) in [6.45, 7) is 0. The Balaban J connectivity index is 1.78. The number of hydrogen-bond donors (Lipinski definition) is 1. The van der Waals surface area contributed by atoms with Crippen molar-refractivity contribution in [3.63, 3.8) is 0 Å². The highest BCUT2D eigenvalue weighted by Gasteiger charge is 2.26. The molecule has 24 heavy (non-hydrogen) atoms. The first-order chi connectivity index (χ1) is 11.7. The van der Waals surface area contributed by atoms with Crippen LogP contribution in [0.3, 0.4) is 0 Å². The predicted octanol–water partition coefficient (Wildman–Crippen LogP) is 4.64. The van der Waals surface area contributed by atoms with Gasteiger partial charge in [0.05, 0.1) is 11.4 Å². The van der Waals surface area contributed by atoms with E-state index in [1.54, 1.807) is 0 Å². The molecule has 0 fully saturated rings. The molecule has 4 heteroatoms. The number of hydrogen-bond acceptors (Lipinski definition) is 3. The number of aliphatic imine (C=N–C) groups is 1. The first-order valence-corrected chi connectivity index (χ1v) is 9.27. The summed E-state index contributed by atoms with van der Waals surface area (Å²) in [5, 5.41) is 9.07. The minimum absolute atomic E-state index is 0.452. The third-order valence-corrected chi connectivity index (χ3v) is 5.98. The lowest BCUT2D eigenvalue weighted by Gasteiger charge is -2.17. The maximum Gasteiger partial charge on any atom is 0.317 e. The topological polar surface area (TPSA) is 49.7 Å². The summed E-state index contributed by atoms with van der Waals surface area (Å²) in [6, 6.07) is 14.3. The Hall–Kier alpha value is -2.07. The Bertz CT molecular complexity index is 828. The highest BCUT2D eigenvalue weighted by molar-refractivity contribution is 8.00. The molecule has 2 aliphatic rings. The van der Waals surface area contributed by atoms with Crippen LogP contribution in [0.2, 0.25) is 0 Å². The van der Waals surface area contributed by atoms with Gasteiger partial charge in [-0.2, -0.15) is 0 Å². The summed E-state index contributed by atoms with van der Waals surface area (Å²) in [6.07, 6.45) is 5.22. The number of carboxylic acid groups (broad SMARTS) is 1. The molecular formula is C20H19NO2S. The van der Waals surface area contributed by atoms with Crippen molar-refractivity contribution in [2.45, 2.75) is 42.2 Å². The van der Waals surface area contributed by atoms with E-state index in [9.17, 15) is 9.90 Å². The number of aliphatic carboxylic acids is 1. The largest absolute Gasteiger partial charge is 0.480 e. The van der Waals surface area contributed by atoms with Gasteiger partial charge in [-0.25, -0.2) is 0 Å². The number of benzene rings is 2. The second kappa shape index (κ2) is 6.44. The van der Waals surface area contributed by atoms with Gasteiger partial charge in [-0.15, -0.1) is 11.8 Å².